The van der Waals surface area contributed by atoms with Crippen LogP contribution in [0.25, 0.3) is 11.0 Å². The molecule has 0 saturated carbocycles. The van der Waals surface area contributed by atoms with Crippen molar-refractivity contribution in [2.75, 3.05) is 7.11 Å². The van der Waals surface area contributed by atoms with Gasteiger partial charge in [-0.2, -0.15) is 0 Å². The number of carbonyl (C=O) groups excluding carboxylic acids is 1. The molecule has 17 heavy (non-hydrogen) atoms. The summed E-state index contributed by atoms with van der Waals surface area (Å²) < 4.78 is 10.3. The average Bonchev–Trinajstić information content (AvgIpc) is 2.68. The molecular weight excluding hydrogens is 218 g/mol. The molecule has 4 heteroatoms. The second-order valence-corrected chi connectivity index (χ2v) is 4.34. The number of ether oxygens (including phenoxy) is 1. The quantitative estimate of drug-likeness (QED) is 0.822. The Morgan fingerprint density at radius 1 is 1.47 bits per heavy atom. The Balaban J connectivity index is 2.26. The van der Waals surface area contributed by atoms with E-state index in [1.54, 1.807) is 6.92 Å². The van der Waals surface area contributed by atoms with Gasteiger partial charge in [0.05, 0.1) is 7.11 Å². The summed E-state index contributed by atoms with van der Waals surface area (Å²) in [7, 11) is 1.33. The number of hydrogen-bond donors (Lipinski definition) is 1. The summed E-state index contributed by atoms with van der Waals surface area (Å²) >= 11 is 0. The number of benzene rings is 1. The fraction of sp³-hybridized carbons (Fsp3) is 0.308. The summed E-state index contributed by atoms with van der Waals surface area (Å²) in [5.74, 6) is 0.236. The van der Waals surface area contributed by atoms with Crippen molar-refractivity contribution in [3.8, 4) is 0 Å². The highest BCUT2D eigenvalue weighted by Gasteiger charge is 2.31. The van der Waals surface area contributed by atoms with Crippen LogP contribution in [0.15, 0.2) is 34.7 Å². The van der Waals surface area contributed by atoms with Gasteiger partial charge in [0, 0.05) is 11.8 Å². The van der Waals surface area contributed by atoms with E-state index in [4.69, 9.17) is 10.2 Å². The minimum atomic E-state index is -1.07. The monoisotopic (exact) mass is 233 g/mol. The van der Waals surface area contributed by atoms with Crippen molar-refractivity contribution < 1.29 is 13.9 Å². The molecule has 0 aliphatic heterocycles. The van der Waals surface area contributed by atoms with Crippen LogP contribution in [0.3, 0.4) is 0 Å². The molecule has 0 bridgehead atoms. The third kappa shape index (κ3) is 2.31. The Labute approximate surface area is 99.3 Å². The summed E-state index contributed by atoms with van der Waals surface area (Å²) in [5, 5.41) is 1.00. The van der Waals surface area contributed by atoms with E-state index in [0.29, 0.717) is 12.2 Å². The van der Waals surface area contributed by atoms with E-state index in [-0.39, 0.29) is 0 Å². The highest BCUT2D eigenvalue weighted by atomic mass is 16.5. The average molecular weight is 233 g/mol. The van der Waals surface area contributed by atoms with Gasteiger partial charge < -0.3 is 14.9 Å². The van der Waals surface area contributed by atoms with Crippen molar-refractivity contribution in [3.63, 3.8) is 0 Å². The molecule has 2 aromatic rings. The molecule has 0 spiro atoms. The first-order valence-corrected chi connectivity index (χ1v) is 5.38. The Hall–Kier alpha value is -1.81. The topological polar surface area (TPSA) is 65.5 Å². The molecule has 2 rings (SSSR count). The Kier molecular flexibility index (Phi) is 2.90. The van der Waals surface area contributed by atoms with Crippen molar-refractivity contribution in [2.24, 2.45) is 5.73 Å². The number of para-hydroxylation sites is 1. The van der Waals surface area contributed by atoms with Gasteiger partial charge in [-0.05, 0) is 19.1 Å². The molecule has 1 aromatic heterocycles. The first-order chi connectivity index (χ1) is 8.03. The molecule has 4 nitrogen and oxygen atoms in total. The lowest BCUT2D eigenvalue weighted by Crippen LogP contribution is -2.47. The lowest BCUT2D eigenvalue weighted by Gasteiger charge is -2.19. The van der Waals surface area contributed by atoms with Crippen molar-refractivity contribution in [2.45, 2.75) is 18.9 Å². The van der Waals surface area contributed by atoms with Crippen LogP contribution in [0.1, 0.15) is 12.7 Å². The van der Waals surface area contributed by atoms with Crippen LogP contribution in [0.4, 0.5) is 0 Å². The zero-order valence-corrected chi connectivity index (χ0v) is 9.90. The number of nitrogens with two attached hydrogens (primary N) is 1. The fourth-order valence-electron chi connectivity index (χ4n) is 1.79. The van der Waals surface area contributed by atoms with E-state index >= 15 is 0 Å². The molecule has 0 radical (unpaired) electrons. The summed E-state index contributed by atoms with van der Waals surface area (Å²) in [5.41, 5.74) is 5.62. The van der Waals surface area contributed by atoms with Gasteiger partial charge in [0.2, 0.25) is 0 Å². The molecule has 0 saturated heterocycles. The van der Waals surface area contributed by atoms with E-state index in [0.717, 1.165) is 11.0 Å². The van der Waals surface area contributed by atoms with Crippen molar-refractivity contribution >= 4 is 16.9 Å². The lowest BCUT2D eigenvalue weighted by atomic mass is 9.98. The minimum Gasteiger partial charge on any atom is -0.468 e. The van der Waals surface area contributed by atoms with E-state index in [1.807, 2.05) is 30.3 Å². The van der Waals surface area contributed by atoms with E-state index in [9.17, 15) is 4.79 Å². The molecule has 90 valence electrons. The molecule has 1 aromatic carbocycles. The van der Waals surface area contributed by atoms with Crippen molar-refractivity contribution in [1.29, 1.82) is 0 Å². The smallest absolute Gasteiger partial charge is 0.326 e. The highest BCUT2D eigenvalue weighted by Crippen LogP contribution is 2.22. The molecule has 0 unspecified atom stereocenters. The second-order valence-electron chi connectivity index (χ2n) is 4.34. The van der Waals surface area contributed by atoms with Crippen LogP contribution in [-0.2, 0) is 16.0 Å². The predicted octanol–water partition coefficient (Wildman–Crippen LogP) is 1.87. The van der Waals surface area contributed by atoms with Gasteiger partial charge >= 0.3 is 5.97 Å². The number of furan rings is 1. The van der Waals surface area contributed by atoms with Gasteiger partial charge in [-0.15, -0.1) is 0 Å². The lowest BCUT2D eigenvalue weighted by molar-refractivity contribution is -0.146. The van der Waals surface area contributed by atoms with E-state index < -0.39 is 11.5 Å². The first kappa shape index (κ1) is 11.7. The van der Waals surface area contributed by atoms with Crippen LogP contribution in [0.5, 0.6) is 0 Å². The maximum absolute atomic E-state index is 11.5. The van der Waals surface area contributed by atoms with E-state index in [2.05, 4.69) is 4.74 Å². The maximum atomic E-state index is 11.5. The molecule has 1 heterocycles. The third-order valence-corrected chi connectivity index (χ3v) is 2.67. The van der Waals surface area contributed by atoms with Gasteiger partial charge in [-0.1, -0.05) is 18.2 Å². The van der Waals surface area contributed by atoms with Gasteiger partial charge in [-0.25, -0.2) is 0 Å². The SMILES string of the molecule is COC(=O)[C@](C)(N)Cc1cc2ccccc2o1. The Morgan fingerprint density at radius 2 is 2.18 bits per heavy atom. The summed E-state index contributed by atoms with van der Waals surface area (Å²) in [6, 6.07) is 9.56. The summed E-state index contributed by atoms with van der Waals surface area (Å²) in [4.78, 5) is 11.5. The summed E-state index contributed by atoms with van der Waals surface area (Å²) in [6.45, 7) is 1.63. The molecular formula is C13H15NO3. The number of rotatable bonds is 3. The number of hydrogen-bond acceptors (Lipinski definition) is 4. The minimum absolute atomic E-state index is 0.314. The fourth-order valence-corrected chi connectivity index (χ4v) is 1.79. The molecule has 2 N–H and O–H groups in total. The second kappa shape index (κ2) is 4.22. The number of fused-ring (bicyclic) bond motifs is 1. The van der Waals surface area contributed by atoms with Gasteiger partial charge in [0.1, 0.15) is 16.9 Å². The van der Waals surface area contributed by atoms with Crippen molar-refractivity contribution in [3.05, 3.63) is 36.1 Å². The molecule has 0 aliphatic carbocycles. The Morgan fingerprint density at radius 3 is 2.82 bits per heavy atom. The summed E-state index contributed by atoms with van der Waals surface area (Å²) in [6.07, 6.45) is 0.314. The maximum Gasteiger partial charge on any atom is 0.326 e. The molecule has 1 atom stereocenters. The standard InChI is InChI=1S/C13H15NO3/c1-13(14,12(15)16-2)8-10-7-9-5-3-4-6-11(9)17-10/h3-7H,8,14H2,1-2H3/t13-/m1/s1. The number of esters is 1. The highest BCUT2D eigenvalue weighted by molar-refractivity contribution is 5.81. The number of carbonyl (C=O) groups is 1. The van der Waals surface area contributed by atoms with Gasteiger partial charge in [0.25, 0.3) is 0 Å². The van der Waals surface area contributed by atoms with Crippen molar-refractivity contribution in [1.82, 2.24) is 0 Å². The van der Waals surface area contributed by atoms with E-state index in [1.165, 1.54) is 7.11 Å². The largest absolute Gasteiger partial charge is 0.468 e. The third-order valence-electron chi connectivity index (χ3n) is 2.67. The van der Waals surface area contributed by atoms with Gasteiger partial charge in [0.15, 0.2) is 0 Å². The number of methoxy groups -OCH3 is 1. The van der Waals surface area contributed by atoms with Crippen LogP contribution < -0.4 is 5.73 Å². The molecule has 0 fully saturated rings. The first-order valence-electron chi connectivity index (χ1n) is 5.38. The zero-order chi connectivity index (χ0) is 12.5. The normalized spacial score (nSPS) is 14.5. The molecule has 0 aliphatic rings. The Bertz CT molecular complexity index is 509. The van der Waals surface area contributed by atoms with Crippen LogP contribution in [0, 0.1) is 0 Å². The predicted molar refractivity (Wildman–Crippen MR) is 64.5 cm³/mol. The van der Waals surface area contributed by atoms with Crippen LogP contribution in [-0.4, -0.2) is 18.6 Å². The van der Waals surface area contributed by atoms with Crippen LogP contribution >= 0.6 is 0 Å². The zero-order valence-electron chi connectivity index (χ0n) is 9.90. The molecule has 0 amide bonds. The van der Waals surface area contributed by atoms with Gasteiger partial charge in [-0.3, -0.25) is 4.79 Å². The van der Waals surface area contributed by atoms with Crippen LogP contribution in [0.2, 0.25) is 0 Å².